The average Bonchev–Trinajstić information content (AvgIpc) is 2.82. The van der Waals surface area contributed by atoms with E-state index < -0.39 is 5.60 Å². The molecule has 1 aromatic rings. The number of hydrogen-bond donors (Lipinski definition) is 1. The van der Waals surface area contributed by atoms with E-state index in [0.717, 1.165) is 24.7 Å². The summed E-state index contributed by atoms with van der Waals surface area (Å²) < 4.78 is 0. The van der Waals surface area contributed by atoms with E-state index in [1.807, 2.05) is 33.0 Å². The van der Waals surface area contributed by atoms with Crippen molar-refractivity contribution in [2.24, 2.45) is 0 Å². The highest BCUT2D eigenvalue weighted by Crippen LogP contribution is 2.31. The fraction of sp³-hybridized carbons (Fsp3) is 0.625. The average molecular weight is 297 g/mol. The Kier molecular flexibility index (Phi) is 4.95. The molecule has 0 unspecified atom stereocenters. The first kappa shape index (κ1) is 15.6. The number of rotatable bonds is 5. The van der Waals surface area contributed by atoms with Gasteiger partial charge >= 0.3 is 0 Å². The minimum atomic E-state index is -0.691. The van der Waals surface area contributed by atoms with Crippen LogP contribution in [0, 0.1) is 0 Å². The van der Waals surface area contributed by atoms with Gasteiger partial charge in [-0.25, -0.2) is 0 Å². The molecule has 0 spiro atoms. The van der Waals surface area contributed by atoms with E-state index in [-0.39, 0.29) is 0 Å². The van der Waals surface area contributed by atoms with E-state index in [4.69, 9.17) is 11.6 Å². The van der Waals surface area contributed by atoms with Crippen LogP contribution >= 0.6 is 11.6 Å². The maximum atomic E-state index is 9.93. The second-order valence-electron chi connectivity index (χ2n) is 6.42. The lowest BCUT2D eigenvalue weighted by molar-refractivity contribution is 0.0425. The minimum Gasteiger partial charge on any atom is -0.389 e. The molecule has 0 atom stereocenters. The smallest absolute Gasteiger partial charge is 0.0718 e. The molecule has 1 aromatic carbocycles. The zero-order valence-corrected chi connectivity index (χ0v) is 13.5. The molecule has 2 rings (SSSR count). The third-order valence-electron chi connectivity index (χ3n) is 3.63. The van der Waals surface area contributed by atoms with Gasteiger partial charge in [0.15, 0.2) is 0 Å². The molecule has 0 saturated carbocycles. The van der Waals surface area contributed by atoms with Crippen molar-refractivity contribution in [1.82, 2.24) is 4.90 Å². The summed E-state index contributed by atoms with van der Waals surface area (Å²) in [5.74, 6) is 0. The highest BCUT2D eigenvalue weighted by molar-refractivity contribution is 6.31. The summed E-state index contributed by atoms with van der Waals surface area (Å²) in [7, 11) is 2.02. The largest absolute Gasteiger partial charge is 0.389 e. The summed E-state index contributed by atoms with van der Waals surface area (Å²) in [6.07, 6.45) is 2.51. The van der Waals surface area contributed by atoms with Crippen molar-refractivity contribution in [3.63, 3.8) is 0 Å². The van der Waals surface area contributed by atoms with Crippen molar-refractivity contribution in [3.05, 3.63) is 28.8 Å². The number of anilines is 1. The van der Waals surface area contributed by atoms with E-state index in [0.29, 0.717) is 6.54 Å². The summed E-state index contributed by atoms with van der Waals surface area (Å²) >= 11 is 6.41. The van der Waals surface area contributed by atoms with Crippen molar-refractivity contribution < 1.29 is 5.11 Å². The van der Waals surface area contributed by atoms with Crippen LogP contribution in [0.25, 0.3) is 0 Å². The molecule has 0 bridgehead atoms. The third kappa shape index (κ3) is 4.11. The molecule has 0 aliphatic carbocycles. The summed E-state index contributed by atoms with van der Waals surface area (Å²) in [5.41, 5.74) is 1.73. The van der Waals surface area contributed by atoms with Gasteiger partial charge in [0, 0.05) is 42.5 Å². The first-order chi connectivity index (χ1) is 9.37. The molecule has 0 radical (unpaired) electrons. The van der Waals surface area contributed by atoms with E-state index in [2.05, 4.69) is 15.9 Å². The van der Waals surface area contributed by atoms with Crippen LogP contribution in [-0.2, 0) is 6.54 Å². The summed E-state index contributed by atoms with van der Waals surface area (Å²) in [6.45, 7) is 7.27. The van der Waals surface area contributed by atoms with Crippen LogP contribution in [-0.4, -0.2) is 42.3 Å². The Balaban J connectivity index is 2.17. The summed E-state index contributed by atoms with van der Waals surface area (Å²) in [6, 6.07) is 6.13. The zero-order valence-electron chi connectivity index (χ0n) is 12.7. The van der Waals surface area contributed by atoms with Gasteiger partial charge in [-0.1, -0.05) is 17.7 Å². The molecule has 1 fully saturated rings. The second-order valence-corrected chi connectivity index (χ2v) is 6.82. The lowest BCUT2D eigenvalue weighted by Gasteiger charge is -2.28. The maximum absolute atomic E-state index is 9.93. The molecule has 0 amide bonds. The first-order valence-corrected chi connectivity index (χ1v) is 7.68. The van der Waals surface area contributed by atoms with Gasteiger partial charge in [-0.05, 0) is 45.9 Å². The van der Waals surface area contributed by atoms with E-state index in [9.17, 15) is 5.11 Å². The second kappa shape index (κ2) is 6.33. The summed E-state index contributed by atoms with van der Waals surface area (Å²) in [4.78, 5) is 4.54. The third-order valence-corrected chi connectivity index (χ3v) is 3.98. The standard InChI is InChI=1S/C16H25ClN2O/c1-16(2,20)12-18(3)11-13-14(17)7-6-8-15(13)19-9-4-5-10-19/h6-8,20H,4-5,9-12H2,1-3H3. The number of nitrogens with zero attached hydrogens (tertiary/aromatic N) is 2. The summed E-state index contributed by atoms with van der Waals surface area (Å²) in [5, 5.41) is 10.7. The van der Waals surface area contributed by atoms with Crippen molar-refractivity contribution in [3.8, 4) is 0 Å². The molecular formula is C16H25ClN2O. The molecule has 3 nitrogen and oxygen atoms in total. The molecule has 112 valence electrons. The van der Waals surface area contributed by atoms with E-state index >= 15 is 0 Å². The number of benzene rings is 1. The number of aliphatic hydroxyl groups is 1. The van der Waals surface area contributed by atoms with Gasteiger partial charge in [-0.2, -0.15) is 0 Å². The lowest BCUT2D eigenvalue weighted by atomic mass is 10.1. The first-order valence-electron chi connectivity index (χ1n) is 7.30. The molecule has 1 N–H and O–H groups in total. The molecule has 0 aromatic heterocycles. The fourth-order valence-corrected chi connectivity index (χ4v) is 3.17. The molecule has 4 heteroatoms. The Morgan fingerprint density at radius 1 is 1.30 bits per heavy atom. The molecule has 20 heavy (non-hydrogen) atoms. The van der Waals surface area contributed by atoms with Crippen molar-refractivity contribution in [2.45, 2.75) is 38.8 Å². The topological polar surface area (TPSA) is 26.7 Å². The lowest BCUT2D eigenvalue weighted by Crippen LogP contribution is -2.36. The van der Waals surface area contributed by atoms with Gasteiger partial charge in [0.05, 0.1) is 5.60 Å². The molecule has 1 heterocycles. The van der Waals surface area contributed by atoms with Crippen LogP contribution < -0.4 is 4.90 Å². The number of hydrogen-bond acceptors (Lipinski definition) is 3. The van der Waals surface area contributed by atoms with Crippen molar-refractivity contribution in [1.29, 1.82) is 0 Å². The Morgan fingerprint density at radius 2 is 1.95 bits per heavy atom. The number of halogens is 1. The fourth-order valence-electron chi connectivity index (χ4n) is 2.94. The van der Waals surface area contributed by atoms with Gasteiger partial charge in [-0.15, -0.1) is 0 Å². The Labute approximate surface area is 127 Å². The van der Waals surface area contributed by atoms with E-state index in [1.54, 1.807) is 0 Å². The predicted molar refractivity (Wildman–Crippen MR) is 85.5 cm³/mol. The maximum Gasteiger partial charge on any atom is 0.0718 e. The Morgan fingerprint density at radius 3 is 2.55 bits per heavy atom. The van der Waals surface area contributed by atoms with Crippen LogP contribution in [0.4, 0.5) is 5.69 Å². The molecule has 1 aliphatic heterocycles. The highest BCUT2D eigenvalue weighted by Gasteiger charge is 2.20. The van der Waals surface area contributed by atoms with Crippen molar-refractivity contribution in [2.75, 3.05) is 31.6 Å². The van der Waals surface area contributed by atoms with Crippen LogP contribution in [0.5, 0.6) is 0 Å². The quantitative estimate of drug-likeness (QED) is 0.904. The van der Waals surface area contributed by atoms with Crippen molar-refractivity contribution >= 4 is 17.3 Å². The highest BCUT2D eigenvalue weighted by atomic mass is 35.5. The Bertz CT molecular complexity index is 450. The van der Waals surface area contributed by atoms with Crippen LogP contribution in [0.15, 0.2) is 18.2 Å². The van der Waals surface area contributed by atoms with Gasteiger partial charge in [0.2, 0.25) is 0 Å². The zero-order chi connectivity index (χ0) is 14.8. The predicted octanol–water partition coefficient (Wildman–Crippen LogP) is 3.14. The normalized spacial score (nSPS) is 16.2. The van der Waals surface area contributed by atoms with Crippen LogP contribution in [0.1, 0.15) is 32.3 Å². The van der Waals surface area contributed by atoms with Crippen LogP contribution in [0.3, 0.4) is 0 Å². The molecule has 1 aliphatic rings. The SMILES string of the molecule is CN(Cc1c(Cl)cccc1N1CCCC1)CC(C)(C)O. The van der Waals surface area contributed by atoms with Gasteiger partial charge < -0.3 is 10.0 Å². The van der Waals surface area contributed by atoms with Gasteiger partial charge in [0.1, 0.15) is 0 Å². The number of likely N-dealkylation sites (N-methyl/N-ethyl adjacent to an activating group) is 1. The van der Waals surface area contributed by atoms with E-state index in [1.165, 1.54) is 24.1 Å². The van der Waals surface area contributed by atoms with Crippen LogP contribution in [0.2, 0.25) is 5.02 Å². The minimum absolute atomic E-state index is 0.623. The Hall–Kier alpha value is -0.770. The molecular weight excluding hydrogens is 272 g/mol. The van der Waals surface area contributed by atoms with Gasteiger partial charge in [0.25, 0.3) is 0 Å². The molecule has 1 saturated heterocycles. The van der Waals surface area contributed by atoms with Gasteiger partial charge in [-0.3, -0.25) is 4.90 Å². The monoisotopic (exact) mass is 296 g/mol.